The number of nitrogens with zero attached hydrogens (tertiary/aromatic N) is 2. The summed E-state index contributed by atoms with van der Waals surface area (Å²) >= 11 is 0. The van der Waals surface area contributed by atoms with Crippen LogP contribution in [0.1, 0.15) is 15.9 Å². The number of carbonyl (C=O) groups excluding carboxylic acids is 1. The van der Waals surface area contributed by atoms with E-state index in [1.165, 1.54) is 0 Å². The second kappa shape index (κ2) is 8.06. The Morgan fingerprint density at radius 1 is 1.00 bits per heavy atom. The number of methoxy groups -OCH3 is 2. The number of aromatic nitrogens is 2. The number of benzene rings is 3. The molecule has 0 aliphatic carbocycles. The quantitative estimate of drug-likeness (QED) is 0.544. The van der Waals surface area contributed by atoms with Gasteiger partial charge in [-0.05, 0) is 48.5 Å². The molecule has 1 heterocycles. The van der Waals surface area contributed by atoms with Gasteiger partial charge in [0.25, 0.3) is 5.91 Å². The van der Waals surface area contributed by atoms with E-state index >= 15 is 0 Å². The van der Waals surface area contributed by atoms with Crippen LogP contribution in [0.3, 0.4) is 0 Å². The van der Waals surface area contributed by atoms with E-state index in [1.54, 1.807) is 26.6 Å². The molecule has 3 aromatic carbocycles. The normalized spacial score (nSPS) is 10.7. The van der Waals surface area contributed by atoms with Crippen molar-refractivity contribution in [3.8, 4) is 17.2 Å². The van der Waals surface area contributed by atoms with Gasteiger partial charge < -0.3 is 14.8 Å². The number of fused-ring (bicyclic) bond motifs is 1. The maximum Gasteiger partial charge on any atom is 0.251 e. The average Bonchev–Trinajstić information content (AvgIpc) is 3.21. The SMILES string of the molecule is COc1ccc(-n2cnc3cc(C(=O)NCc4ccccc4OC)ccc32)cc1. The van der Waals surface area contributed by atoms with Crippen molar-refractivity contribution in [2.45, 2.75) is 6.54 Å². The van der Waals surface area contributed by atoms with Gasteiger partial charge in [0.05, 0.1) is 25.3 Å². The molecule has 6 nitrogen and oxygen atoms in total. The first-order valence-electron chi connectivity index (χ1n) is 9.21. The Balaban J connectivity index is 1.54. The van der Waals surface area contributed by atoms with Gasteiger partial charge in [-0.1, -0.05) is 18.2 Å². The number of para-hydroxylation sites is 1. The minimum Gasteiger partial charge on any atom is -0.497 e. The van der Waals surface area contributed by atoms with Crippen molar-refractivity contribution < 1.29 is 14.3 Å². The zero-order valence-electron chi connectivity index (χ0n) is 16.3. The molecule has 1 N–H and O–H groups in total. The van der Waals surface area contributed by atoms with Crippen LogP contribution in [0.4, 0.5) is 0 Å². The maximum absolute atomic E-state index is 12.6. The molecule has 0 atom stereocenters. The van der Waals surface area contributed by atoms with Gasteiger partial charge in [0.2, 0.25) is 0 Å². The number of rotatable bonds is 6. The first-order chi connectivity index (χ1) is 14.2. The largest absolute Gasteiger partial charge is 0.497 e. The maximum atomic E-state index is 12.6. The predicted octanol–water partition coefficient (Wildman–Crippen LogP) is 3.97. The fourth-order valence-electron chi connectivity index (χ4n) is 3.23. The van der Waals surface area contributed by atoms with Crippen LogP contribution < -0.4 is 14.8 Å². The van der Waals surface area contributed by atoms with Crippen molar-refractivity contribution in [1.29, 1.82) is 0 Å². The van der Waals surface area contributed by atoms with E-state index in [2.05, 4.69) is 10.3 Å². The second-order valence-electron chi connectivity index (χ2n) is 6.51. The van der Waals surface area contributed by atoms with Crippen LogP contribution in [0.5, 0.6) is 11.5 Å². The molecule has 4 rings (SSSR count). The summed E-state index contributed by atoms with van der Waals surface area (Å²) in [6.45, 7) is 0.390. The fraction of sp³-hybridized carbons (Fsp3) is 0.130. The molecule has 1 amide bonds. The van der Waals surface area contributed by atoms with Gasteiger partial charge in [0, 0.05) is 23.4 Å². The molecule has 0 aliphatic heterocycles. The monoisotopic (exact) mass is 387 g/mol. The smallest absolute Gasteiger partial charge is 0.251 e. The van der Waals surface area contributed by atoms with Gasteiger partial charge in [-0.15, -0.1) is 0 Å². The summed E-state index contributed by atoms with van der Waals surface area (Å²) in [7, 11) is 3.26. The van der Waals surface area contributed by atoms with Crippen LogP contribution in [0.25, 0.3) is 16.7 Å². The van der Waals surface area contributed by atoms with E-state index in [4.69, 9.17) is 9.47 Å². The highest BCUT2D eigenvalue weighted by molar-refractivity contribution is 5.97. The third kappa shape index (κ3) is 3.78. The summed E-state index contributed by atoms with van der Waals surface area (Å²) in [4.78, 5) is 17.1. The molecule has 0 radical (unpaired) electrons. The minimum absolute atomic E-state index is 0.156. The van der Waals surface area contributed by atoms with Crippen LogP contribution >= 0.6 is 0 Å². The van der Waals surface area contributed by atoms with E-state index in [0.717, 1.165) is 33.8 Å². The zero-order valence-corrected chi connectivity index (χ0v) is 16.3. The van der Waals surface area contributed by atoms with Crippen LogP contribution in [0, 0.1) is 0 Å². The molecule has 0 saturated carbocycles. The van der Waals surface area contributed by atoms with E-state index in [0.29, 0.717) is 12.1 Å². The molecule has 0 spiro atoms. The third-order valence-electron chi connectivity index (χ3n) is 4.79. The molecule has 1 aromatic heterocycles. The predicted molar refractivity (Wildman–Crippen MR) is 112 cm³/mol. The fourth-order valence-corrected chi connectivity index (χ4v) is 3.23. The van der Waals surface area contributed by atoms with Crippen LogP contribution in [0.15, 0.2) is 73.1 Å². The van der Waals surface area contributed by atoms with Crippen molar-refractivity contribution in [3.63, 3.8) is 0 Å². The number of ether oxygens (including phenoxy) is 2. The first kappa shape index (κ1) is 18.6. The topological polar surface area (TPSA) is 65.4 Å². The van der Waals surface area contributed by atoms with Gasteiger partial charge >= 0.3 is 0 Å². The van der Waals surface area contributed by atoms with Crippen molar-refractivity contribution in [1.82, 2.24) is 14.9 Å². The Morgan fingerprint density at radius 2 is 1.79 bits per heavy atom. The Bertz CT molecular complexity index is 1150. The molecule has 0 fully saturated rings. The van der Waals surface area contributed by atoms with Crippen molar-refractivity contribution in [2.75, 3.05) is 14.2 Å². The highest BCUT2D eigenvalue weighted by Gasteiger charge is 2.11. The van der Waals surface area contributed by atoms with E-state index < -0.39 is 0 Å². The standard InChI is InChI=1S/C23H21N3O3/c1-28-19-10-8-18(9-11-19)26-15-25-20-13-16(7-12-21(20)26)23(27)24-14-17-5-3-4-6-22(17)29-2/h3-13,15H,14H2,1-2H3,(H,24,27). The summed E-state index contributed by atoms with van der Waals surface area (Å²) in [5.74, 6) is 1.39. The van der Waals surface area contributed by atoms with Crippen molar-refractivity contribution in [3.05, 3.63) is 84.2 Å². The summed E-state index contributed by atoms with van der Waals surface area (Å²) in [5, 5.41) is 2.94. The van der Waals surface area contributed by atoms with Crippen LogP contribution in [-0.4, -0.2) is 29.7 Å². The number of nitrogens with one attached hydrogen (secondary N) is 1. The zero-order chi connectivity index (χ0) is 20.2. The van der Waals surface area contributed by atoms with Crippen molar-refractivity contribution in [2.24, 2.45) is 0 Å². The molecule has 29 heavy (non-hydrogen) atoms. The molecule has 0 bridgehead atoms. The van der Waals surface area contributed by atoms with Gasteiger partial charge in [-0.2, -0.15) is 0 Å². The van der Waals surface area contributed by atoms with Crippen molar-refractivity contribution >= 4 is 16.9 Å². The average molecular weight is 387 g/mol. The Kier molecular flexibility index (Phi) is 5.16. The van der Waals surface area contributed by atoms with Gasteiger partial charge in [0.1, 0.15) is 17.8 Å². The summed E-state index contributed by atoms with van der Waals surface area (Å²) in [6.07, 6.45) is 1.75. The van der Waals surface area contributed by atoms with E-state index in [9.17, 15) is 4.79 Å². The number of amides is 1. The molecule has 0 aliphatic rings. The van der Waals surface area contributed by atoms with E-state index in [-0.39, 0.29) is 5.91 Å². The number of hydrogen-bond donors (Lipinski definition) is 1. The van der Waals surface area contributed by atoms with Crippen LogP contribution in [-0.2, 0) is 6.54 Å². The molecular weight excluding hydrogens is 366 g/mol. The summed E-state index contributed by atoms with van der Waals surface area (Å²) in [5.41, 5.74) is 4.14. The minimum atomic E-state index is -0.156. The number of imidazole rings is 1. The molecular formula is C23H21N3O3. The lowest BCUT2D eigenvalue weighted by atomic mass is 10.1. The van der Waals surface area contributed by atoms with Gasteiger partial charge in [0.15, 0.2) is 0 Å². The number of carbonyl (C=O) groups is 1. The van der Waals surface area contributed by atoms with E-state index in [1.807, 2.05) is 65.2 Å². The highest BCUT2D eigenvalue weighted by Crippen LogP contribution is 2.22. The van der Waals surface area contributed by atoms with Gasteiger partial charge in [-0.25, -0.2) is 4.98 Å². The second-order valence-corrected chi connectivity index (χ2v) is 6.51. The summed E-state index contributed by atoms with van der Waals surface area (Å²) < 4.78 is 12.5. The lowest BCUT2D eigenvalue weighted by molar-refractivity contribution is 0.0951. The highest BCUT2D eigenvalue weighted by atomic mass is 16.5. The third-order valence-corrected chi connectivity index (χ3v) is 4.79. The Morgan fingerprint density at radius 3 is 2.55 bits per heavy atom. The molecule has 4 aromatic rings. The molecule has 6 heteroatoms. The Hall–Kier alpha value is -3.80. The lowest BCUT2D eigenvalue weighted by Crippen LogP contribution is -2.23. The molecule has 146 valence electrons. The molecule has 0 unspecified atom stereocenters. The van der Waals surface area contributed by atoms with Gasteiger partial charge in [-0.3, -0.25) is 9.36 Å². The molecule has 0 saturated heterocycles. The summed E-state index contributed by atoms with van der Waals surface area (Å²) in [6, 6.07) is 20.9. The number of hydrogen-bond acceptors (Lipinski definition) is 4. The van der Waals surface area contributed by atoms with Crippen LogP contribution in [0.2, 0.25) is 0 Å². The first-order valence-corrected chi connectivity index (χ1v) is 9.21. The lowest BCUT2D eigenvalue weighted by Gasteiger charge is -2.10. The Labute approximate surface area is 168 Å².